The van der Waals surface area contributed by atoms with Crippen molar-refractivity contribution in [3.8, 4) is 0 Å². The molecule has 0 aliphatic heterocycles. The van der Waals surface area contributed by atoms with Gasteiger partial charge in [-0.25, -0.2) is 0 Å². The lowest BCUT2D eigenvalue weighted by atomic mass is 10.1. The molecule has 0 aliphatic rings. The predicted octanol–water partition coefficient (Wildman–Crippen LogP) is 1.94. The molecular weight excluding hydrogens is 382 g/mol. The number of nitrogens with one attached hydrogen (secondary N) is 2. The summed E-state index contributed by atoms with van der Waals surface area (Å²) < 4.78 is 1.57. The fourth-order valence-corrected chi connectivity index (χ4v) is 2.94. The number of fused-ring (bicyclic) bond motifs is 1. The summed E-state index contributed by atoms with van der Waals surface area (Å²) in [5, 5.41) is 17.9. The first kappa shape index (κ1) is 19.2. The summed E-state index contributed by atoms with van der Waals surface area (Å²) in [6.45, 7) is 2.05. The van der Waals surface area contributed by atoms with Gasteiger partial charge in [-0.05, 0) is 54.4 Å². The van der Waals surface area contributed by atoms with Gasteiger partial charge in [-0.2, -0.15) is 9.61 Å². The number of aryl methyl sites for hydroxylation is 1. The molecule has 1 aromatic carbocycles. The minimum absolute atomic E-state index is 0.164. The predicted molar refractivity (Wildman–Crippen MR) is 110 cm³/mol. The van der Waals surface area contributed by atoms with E-state index in [1.165, 1.54) is 0 Å². The maximum Gasteiger partial charge on any atom is 0.251 e. The van der Waals surface area contributed by atoms with Crippen LogP contribution >= 0.6 is 0 Å². The zero-order chi connectivity index (χ0) is 20.9. The quantitative estimate of drug-likeness (QED) is 0.510. The molecule has 2 amide bonds. The number of nitrogens with zero attached hydrogens (tertiary/aromatic N) is 5. The standard InChI is InChI=1S/C21H19N7O2/c1-14-4-5-16(12-17(14)25-20(29)11-15-6-9-22-10-7-15)21(30)23-13-19-27-26-18-3-2-8-24-28(18)19/h2-10,12H,11,13H2,1H3,(H,23,30)(H,25,29). The number of anilines is 1. The van der Waals surface area contributed by atoms with Crippen molar-refractivity contribution in [3.05, 3.63) is 83.6 Å². The zero-order valence-electron chi connectivity index (χ0n) is 16.2. The molecule has 150 valence electrons. The summed E-state index contributed by atoms with van der Waals surface area (Å²) in [5.74, 6) is 0.0760. The Morgan fingerprint density at radius 2 is 1.87 bits per heavy atom. The Morgan fingerprint density at radius 3 is 2.70 bits per heavy atom. The van der Waals surface area contributed by atoms with Crippen molar-refractivity contribution < 1.29 is 9.59 Å². The topological polar surface area (TPSA) is 114 Å². The van der Waals surface area contributed by atoms with Gasteiger partial charge in [-0.3, -0.25) is 14.6 Å². The highest BCUT2D eigenvalue weighted by atomic mass is 16.2. The summed E-state index contributed by atoms with van der Waals surface area (Å²) in [7, 11) is 0. The van der Waals surface area contributed by atoms with Crippen LogP contribution in [0.1, 0.15) is 27.3 Å². The van der Waals surface area contributed by atoms with E-state index in [2.05, 4.69) is 30.9 Å². The van der Waals surface area contributed by atoms with Gasteiger partial charge in [0.05, 0.1) is 13.0 Å². The lowest BCUT2D eigenvalue weighted by Crippen LogP contribution is -2.24. The highest BCUT2D eigenvalue weighted by Gasteiger charge is 2.12. The van der Waals surface area contributed by atoms with E-state index in [0.29, 0.717) is 22.7 Å². The molecule has 0 unspecified atom stereocenters. The Balaban J connectivity index is 1.43. The normalized spacial score (nSPS) is 10.7. The van der Waals surface area contributed by atoms with E-state index >= 15 is 0 Å². The van der Waals surface area contributed by atoms with Crippen LogP contribution in [0.5, 0.6) is 0 Å². The molecule has 4 rings (SSSR count). The average molecular weight is 401 g/mol. The second kappa shape index (κ2) is 8.48. The van der Waals surface area contributed by atoms with Crippen LogP contribution in [0.25, 0.3) is 5.65 Å². The first-order valence-electron chi connectivity index (χ1n) is 9.33. The van der Waals surface area contributed by atoms with Gasteiger partial charge >= 0.3 is 0 Å². The minimum atomic E-state index is -0.285. The Kier molecular flexibility index (Phi) is 5.42. The lowest BCUT2D eigenvalue weighted by molar-refractivity contribution is -0.115. The summed E-state index contributed by atoms with van der Waals surface area (Å²) in [6, 6.07) is 12.3. The number of aromatic nitrogens is 5. The highest BCUT2D eigenvalue weighted by molar-refractivity contribution is 5.98. The molecule has 2 N–H and O–H groups in total. The number of benzene rings is 1. The number of hydrogen-bond donors (Lipinski definition) is 2. The van der Waals surface area contributed by atoms with Crippen molar-refractivity contribution in [1.82, 2.24) is 30.1 Å². The summed E-state index contributed by atoms with van der Waals surface area (Å²) in [4.78, 5) is 28.9. The molecule has 0 fully saturated rings. The molecule has 0 saturated carbocycles. The molecule has 0 aliphatic carbocycles. The minimum Gasteiger partial charge on any atom is -0.345 e. The van der Waals surface area contributed by atoms with Crippen molar-refractivity contribution in [2.45, 2.75) is 19.9 Å². The van der Waals surface area contributed by atoms with E-state index in [-0.39, 0.29) is 24.8 Å². The van der Waals surface area contributed by atoms with Crippen LogP contribution in [0, 0.1) is 6.92 Å². The van der Waals surface area contributed by atoms with E-state index in [4.69, 9.17) is 0 Å². The summed E-state index contributed by atoms with van der Waals surface area (Å²) in [5.41, 5.74) is 3.36. The molecule has 0 radical (unpaired) electrons. The van der Waals surface area contributed by atoms with Crippen LogP contribution in [0.15, 0.2) is 61.1 Å². The van der Waals surface area contributed by atoms with Crippen molar-refractivity contribution in [3.63, 3.8) is 0 Å². The number of carbonyl (C=O) groups is 2. The van der Waals surface area contributed by atoms with E-state index in [1.807, 2.05) is 6.92 Å². The second-order valence-electron chi connectivity index (χ2n) is 6.70. The van der Waals surface area contributed by atoms with Crippen LogP contribution in [0.4, 0.5) is 5.69 Å². The lowest BCUT2D eigenvalue weighted by Gasteiger charge is -2.11. The fourth-order valence-electron chi connectivity index (χ4n) is 2.94. The van der Waals surface area contributed by atoms with Gasteiger partial charge in [0.1, 0.15) is 0 Å². The monoisotopic (exact) mass is 401 g/mol. The van der Waals surface area contributed by atoms with Gasteiger partial charge in [0, 0.05) is 29.8 Å². The van der Waals surface area contributed by atoms with Crippen LogP contribution < -0.4 is 10.6 Å². The van der Waals surface area contributed by atoms with Crippen molar-refractivity contribution in [2.24, 2.45) is 0 Å². The smallest absolute Gasteiger partial charge is 0.251 e. The molecule has 4 aromatic rings. The fraction of sp³-hybridized carbons (Fsp3) is 0.143. The molecule has 0 saturated heterocycles. The molecule has 3 heterocycles. The van der Waals surface area contributed by atoms with Crippen LogP contribution in [0.3, 0.4) is 0 Å². The maximum absolute atomic E-state index is 12.6. The van der Waals surface area contributed by atoms with Gasteiger partial charge in [-0.1, -0.05) is 6.07 Å². The van der Waals surface area contributed by atoms with Gasteiger partial charge in [0.2, 0.25) is 5.91 Å². The molecule has 9 nitrogen and oxygen atoms in total. The number of carbonyl (C=O) groups excluding carboxylic acids is 2. The van der Waals surface area contributed by atoms with E-state index < -0.39 is 0 Å². The van der Waals surface area contributed by atoms with Crippen molar-refractivity contribution in [2.75, 3.05) is 5.32 Å². The molecular formula is C21H19N7O2. The third-order valence-electron chi connectivity index (χ3n) is 4.54. The number of rotatable bonds is 6. The first-order chi connectivity index (χ1) is 14.6. The summed E-state index contributed by atoms with van der Waals surface area (Å²) >= 11 is 0. The van der Waals surface area contributed by atoms with Gasteiger partial charge in [0.15, 0.2) is 11.5 Å². The molecule has 9 heteroatoms. The molecule has 0 spiro atoms. The molecule has 30 heavy (non-hydrogen) atoms. The van der Waals surface area contributed by atoms with Crippen molar-refractivity contribution >= 4 is 23.1 Å². The largest absolute Gasteiger partial charge is 0.345 e. The Morgan fingerprint density at radius 1 is 1.03 bits per heavy atom. The van der Waals surface area contributed by atoms with Crippen molar-refractivity contribution in [1.29, 1.82) is 0 Å². The zero-order valence-corrected chi connectivity index (χ0v) is 16.2. The highest BCUT2D eigenvalue weighted by Crippen LogP contribution is 2.17. The van der Waals surface area contributed by atoms with Crippen LogP contribution in [-0.4, -0.2) is 36.6 Å². The molecule has 0 atom stereocenters. The Hall–Kier alpha value is -4.14. The van der Waals surface area contributed by atoms with Gasteiger partial charge in [-0.15, -0.1) is 10.2 Å². The number of hydrogen-bond acceptors (Lipinski definition) is 6. The Bertz CT molecular complexity index is 1200. The average Bonchev–Trinajstić information content (AvgIpc) is 3.17. The molecule has 3 aromatic heterocycles. The first-order valence-corrected chi connectivity index (χ1v) is 9.33. The number of pyridine rings is 1. The number of amides is 2. The SMILES string of the molecule is Cc1ccc(C(=O)NCc2nnc3cccnn23)cc1NC(=O)Cc1ccncc1. The van der Waals surface area contributed by atoms with E-state index in [1.54, 1.807) is 65.6 Å². The molecule has 0 bridgehead atoms. The van der Waals surface area contributed by atoms with E-state index in [9.17, 15) is 9.59 Å². The van der Waals surface area contributed by atoms with Crippen LogP contribution in [0.2, 0.25) is 0 Å². The third kappa shape index (κ3) is 4.30. The summed E-state index contributed by atoms with van der Waals surface area (Å²) in [6.07, 6.45) is 5.15. The maximum atomic E-state index is 12.6. The van der Waals surface area contributed by atoms with Crippen LogP contribution in [-0.2, 0) is 17.8 Å². The Labute approximate surface area is 172 Å². The van der Waals surface area contributed by atoms with E-state index in [0.717, 1.165) is 11.1 Å². The van der Waals surface area contributed by atoms with Gasteiger partial charge in [0.25, 0.3) is 5.91 Å². The second-order valence-corrected chi connectivity index (χ2v) is 6.70. The third-order valence-corrected chi connectivity index (χ3v) is 4.54. The van der Waals surface area contributed by atoms with Gasteiger partial charge < -0.3 is 10.6 Å².